The second kappa shape index (κ2) is 6.19. The standard InChI is InChI=1S/C14H12BrFN2O3/c1-8-4-14(11(16)6-12(8)18(19)20)21-13-5-10(15)3-2-9(13)7-17/h2-6H,7,17H2,1H3. The second-order valence-electron chi connectivity index (χ2n) is 4.38. The molecule has 2 N–H and O–H groups in total. The number of benzene rings is 2. The molecule has 0 aliphatic heterocycles. The van der Waals surface area contributed by atoms with Crippen molar-refractivity contribution < 1.29 is 14.1 Å². The summed E-state index contributed by atoms with van der Waals surface area (Å²) < 4.78 is 20.2. The molecule has 2 aromatic carbocycles. The number of ether oxygens (including phenoxy) is 1. The van der Waals surface area contributed by atoms with Gasteiger partial charge in [-0.3, -0.25) is 10.1 Å². The van der Waals surface area contributed by atoms with E-state index < -0.39 is 10.7 Å². The predicted molar refractivity (Wildman–Crippen MR) is 79.9 cm³/mol. The summed E-state index contributed by atoms with van der Waals surface area (Å²) >= 11 is 3.30. The van der Waals surface area contributed by atoms with E-state index in [2.05, 4.69) is 15.9 Å². The van der Waals surface area contributed by atoms with Gasteiger partial charge in [0.1, 0.15) is 5.75 Å². The van der Waals surface area contributed by atoms with E-state index in [9.17, 15) is 14.5 Å². The molecule has 0 heterocycles. The van der Waals surface area contributed by atoms with E-state index in [4.69, 9.17) is 10.5 Å². The lowest BCUT2D eigenvalue weighted by Crippen LogP contribution is -2.01. The van der Waals surface area contributed by atoms with Crippen LogP contribution < -0.4 is 10.5 Å². The topological polar surface area (TPSA) is 78.4 Å². The average molecular weight is 355 g/mol. The van der Waals surface area contributed by atoms with Crippen molar-refractivity contribution in [2.24, 2.45) is 5.73 Å². The van der Waals surface area contributed by atoms with E-state index in [1.807, 2.05) is 0 Å². The first-order valence-corrected chi connectivity index (χ1v) is 6.82. The molecule has 0 radical (unpaired) electrons. The highest BCUT2D eigenvalue weighted by Gasteiger charge is 2.17. The third kappa shape index (κ3) is 3.37. The highest BCUT2D eigenvalue weighted by atomic mass is 79.9. The van der Waals surface area contributed by atoms with Crippen molar-refractivity contribution >= 4 is 21.6 Å². The van der Waals surface area contributed by atoms with Crippen LogP contribution in [0.4, 0.5) is 10.1 Å². The summed E-state index contributed by atoms with van der Waals surface area (Å²) in [6.07, 6.45) is 0. The summed E-state index contributed by atoms with van der Waals surface area (Å²) in [5.41, 5.74) is 6.35. The Hall–Kier alpha value is -1.99. The highest BCUT2D eigenvalue weighted by molar-refractivity contribution is 9.10. The van der Waals surface area contributed by atoms with Crippen molar-refractivity contribution in [3.05, 3.63) is 61.9 Å². The maximum absolute atomic E-state index is 13.9. The van der Waals surface area contributed by atoms with Gasteiger partial charge in [0.25, 0.3) is 5.69 Å². The molecule has 21 heavy (non-hydrogen) atoms. The minimum Gasteiger partial charge on any atom is -0.454 e. The van der Waals surface area contributed by atoms with Crippen molar-refractivity contribution in [1.82, 2.24) is 0 Å². The Labute approximate surface area is 128 Å². The molecule has 110 valence electrons. The molecular weight excluding hydrogens is 343 g/mol. The zero-order chi connectivity index (χ0) is 15.6. The number of nitro benzene ring substituents is 1. The summed E-state index contributed by atoms with van der Waals surface area (Å²) in [7, 11) is 0. The first-order chi connectivity index (χ1) is 9.92. The first kappa shape index (κ1) is 15.4. The van der Waals surface area contributed by atoms with Crippen LogP contribution in [0.25, 0.3) is 0 Å². The minimum atomic E-state index is -0.796. The van der Waals surface area contributed by atoms with Gasteiger partial charge in [0, 0.05) is 22.1 Å². The van der Waals surface area contributed by atoms with Crippen LogP contribution in [0.15, 0.2) is 34.8 Å². The maximum atomic E-state index is 13.9. The van der Waals surface area contributed by atoms with Gasteiger partial charge in [-0.25, -0.2) is 4.39 Å². The highest BCUT2D eigenvalue weighted by Crippen LogP contribution is 2.33. The fourth-order valence-electron chi connectivity index (χ4n) is 1.83. The van der Waals surface area contributed by atoms with E-state index in [1.165, 1.54) is 13.0 Å². The lowest BCUT2D eigenvalue weighted by Gasteiger charge is -2.12. The van der Waals surface area contributed by atoms with Crippen LogP contribution in [0.2, 0.25) is 0 Å². The van der Waals surface area contributed by atoms with Gasteiger partial charge in [-0.05, 0) is 25.1 Å². The molecule has 7 heteroatoms. The van der Waals surface area contributed by atoms with Gasteiger partial charge in [-0.1, -0.05) is 22.0 Å². The summed E-state index contributed by atoms with van der Waals surface area (Å²) in [4.78, 5) is 10.1. The molecular formula is C14H12BrFN2O3. The van der Waals surface area contributed by atoms with Gasteiger partial charge >= 0.3 is 0 Å². The monoisotopic (exact) mass is 354 g/mol. The Morgan fingerprint density at radius 3 is 2.67 bits per heavy atom. The number of aryl methyl sites for hydroxylation is 1. The Balaban J connectivity index is 2.43. The lowest BCUT2D eigenvalue weighted by molar-refractivity contribution is -0.385. The molecule has 0 saturated carbocycles. The molecule has 0 aliphatic carbocycles. The number of nitro groups is 1. The first-order valence-electron chi connectivity index (χ1n) is 6.03. The number of hydrogen-bond donors (Lipinski definition) is 1. The molecule has 0 fully saturated rings. The minimum absolute atomic E-state index is 0.0779. The maximum Gasteiger partial charge on any atom is 0.275 e. The zero-order valence-corrected chi connectivity index (χ0v) is 12.7. The Bertz CT molecular complexity index is 707. The van der Waals surface area contributed by atoms with Crippen molar-refractivity contribution in [3.8, 4) is 11.5 Å². The fourth-order valence-corrected chi connectivity index (χ4v) is 2.17. The largest absolute Gasteiger partial charge is 0.454 e. The van der Waals surface area contributed by atoms with Crippen LogP contribution in [-0.2, 0) is 6.54 Å². The smallest absolute Gasteiger partial charge is 0.275 e. The van der Waals surface area contributed by atoms with Gasteiger partial charge < -0.3 is 10.5 Å². The molecule has 0 atom stereocenters. The van der Waals surface area contributed by atoms with Crippen LogP contribution in [0.1, 0.15) is 11.1 Å². The lowest BCUT2D eigenvalue weighted by atomic mass is 10.1. The summed E-state index contributed by atoms with van der Waals surface area (Å²) in [5, 5.41) is 10.8. The third-order valence-corrected chi connectivity index (χ3v) is 3.41. The molecule has 0 aliphatic rings. The molecule has 2 aromatic rings. The Morgan fingerprint density at radius 2 is 2.05 bits per heavy atom. The van der Waals surface area contributed by atoms with E-state index in [0.29, 0.717) is 16.9 Å². The van der Waals surface area contributed by atoms with E-state index in [-0.39, 0.29) is 18.0 Å². The van der Waals surface area contributed by atoms with Crippen molar-refractivity contribution in [2.45, 2.75) is 13.5 Å². The van der Waals surface area contributed by atoms with Crippen molar-refractivity contribution in [3.63, 3.8) is 0 Å². The van der Waals surface area contributed by atoms with Crippen molar-refractivity contribution in [1.29, 1.82) is 0 Å². The van der Waals surface area contributed by atoms with E-state index in [0.717, 1.165) is 10.5 Å². The molecule has 0 aromatic heterocycles. The van der Waals surface area contributed by atoms with Crippen molar-refractivity contribution in [2.75, 3.05) is 0 Å². The molecule has 0 saturated heterocycles. The van der Waals surface area contributed by atoms with Gasteiger partial charge in [0.05, 0.1) is 11.0 Å². The van der Waals surface area contributed by atoms with Gasteiger partial charge in [0.15, 0.2) is 11.6 Å². The summed E-state index contributed by atoms with van der Waals surface area (Å²) in [6, 6.07) is 7.37. The van der Waals surface area contributed by atoms with Gasteiger partial charge in [-0.15, -0.1) is 0 Å². The number of halogens is 2. The summed E-state index contributed by atoms with van der Waals surface area (Å²) in [5.74, 6) is -0.472. The zero-order valence-electron chi connectivity index (χ0n) is 11.1. The van der Waals surface area contributed by atoms with E-state index >= 15 is 0 Å². The molecule has 2 rings (SSSR count). The Morgan fingerprint density at radius 1 is 1.33 bits per heavy atom. The molecule has 0 bridgehead atoms. The predicted octanol–water partition coefficient (Wildman–Crippen LogP) is 4.06. The number of hydrogen-bond acceptors (Lipinski definition) is 4. The number of nitrogens with zero attached hydrogens (tertiary/aromatic N) is 1. The number of nitrogens with two attached hydrogens (primary N) is 1. The fraction of sp³-hybridized carbons (Fsp3) is 0.143. The van der Waals surface area contributed by atoms with Crippen LogP contribution in [-0.4, -0.2) is 4.92 Å². The normalized spacial score (nSPS) is 10.5. The van der Waals surface area contributed by atoms with Crippen LogP contribution in [0.5, 0.6) is 11.5 Å². The van der Waals surface area contributed by atoms with Gasteiger partial charge in [0.2, 0.25) is 0 Å². The third-order valence-electron chi connectivity index (χ3n) is 2.92. The molecule has 0 amide bonds. The van der Waals surface area contributed by atoms with Gasteiger partial charge in [-0.2, -0.15) is 0 Å². The quantitative estimate of drug-likeness (QED) is 0.663. The second-order valence-corrected chi connectivity index (χ2v) is 5.30. The summed E-state index contributed by atoms with van der Waals surface area (Å²) in [6.45, 7) is 1.76. The Kier molecular flexibility index (Phi) is 4.54. The van der Waals surface area contributed by atoms with Crippen LogP contribution in [0, 0.1) is 22.9 Å². The van der Waals surface area contributed by atoms with Crippen LogP contribution in [0.3, 0.4) is 0 Å². The average Bonchev–Trinajstić information content (AvgIpc) is 2.42. The van der Waals surface area contributed by atoms with E-state index in [1.54, 1.807) is 18.2 Å². The van der Waals surface area contributed by atoms with Crippen LogP contribution >= 0.6 is 15.9 Å². The molecule has 0 spiro atoms. The SMILES string of the molecule is Cc1cc(Oc2cc(Br)ccc2CN)c(F)cc1[N+](=O)[O-]. The molecule has 0 unspecified atom stereocenters. The number of rotatable bonds is 4. The molecule has 5 nitrogen and oxygen atoms in total.